The van der Waals surface area contributed by atoms with Crippen LogP contribution in [0.1, 0.15) is 31.2 Å². The predicted molar refractivity (Wildman–Crippen MR) is 88.4 cm³/mol. The van der Waals surface area contributed by atoms with E-state index in [2.05, 4.69) is 21.2 Å². The Bertz CT molecular complexity index is 513. The minimum absolute atomic E-state index is 0.0661. The second kappa shape index (κ2) is 6.90. The molecule has 0 saturated heterocycles. The van der Waals surface area contributed by atoms with Gasteiger partial charge in [-0.1, -0.05) is 18.9 Å². The van der Waals surface area contributed by atoms with E-state index in [0.29, 0.717) is 6.54 Å². The SMILES string of the molecule is Cc1ccc(NC(=O)CN(C)CC2(O)CCCC2)c(Br)c1. The molecule has 0 aromatic heterocycles. The fourth-order valence-corrected chi connectivity index (χ4v) is 3.50. The van der Waals surface area contributed by atoms with Crippen LogP contribution in [0.3, 0.4) is 0 Å². The quantitative estimate of drug-likeness (QED) is 0.854. The topological polar surface area (TPSA) is 52.6 Å². The van der Waals surface area contributed by atoms with Crippen LogP contribution in [0.5, 0.6) is 0 Å². The van der Waals surface area contributed by atoms with E-state index in [1.165, 1.54) is 0 Å². The molecule has 0 unspecified atom stereocenters. The molecule has 1 aromatic carbocycles. The highest BCUT2D eigenvalue weighted by Crippen LogP contribution is 2.30. The summed E-state index contributed by atoms with van der Waals surface area (Å²) in [7, 11) is 1.88. The highest BCUT2D eigenvalue weighted by atomic mass is 79.9. The highest BCUT2D eigenvalue weighted by Gasteiger charge is 2.32. The first-order valence-electron chi connectivity index (χ1n) is 7.35. The lowest BCUT2D eigenvalue weighted by Crippen LogP contribution is -2.42. The molecule has 5 heteroatoms. The number of nitrogens with one attached hydrogen (secondary N) is 1. The molecule has 1 fully saturated rings. The van der Waals surface area contributed by atoms with E-state index in [4.69, 9.17) is 0 Å². The zero-order valence-corrected chi connectivity index (χ0v) is 14.2. The van der Waals surface area contributed by atoms with Crippen molar-refractivity contribution in [1.82, 2.24) is 4.90 Å². The van der Waals surface area contributed by atoms with Crippen LogP contribution in [0.4, 0.5) is 5.69 Å². The van der Waals surface area contributed by atoms with Crippen LogP contribution < -0.4 is 5.32 Å². The number of carbonyl (C=O) groups is 1. The van der Waals surface area contributed by atoms with E-state index in [1.54, 1.807) is 0 Å². The largest absolute Gasteiger partial charge is 0.389 e. The molecule has 1 aromatic rings. The number of anilines is 1. The molecule has 0 heterocycles. The van der Waals surface area contributed by atoms with Crippen LogP contribution >= 0.6 is 15.9 Å². The number of carbonyl (C=O) groups excluding carboxylic acids is 1. The molecule has 0 atom stereocenters. The first kappa shape index (κ1) is 16.5. The van der Waals surface area contributed by atoms with Gasteiger partial charge in [0.25, 0.3) is 0 Å². The van der Waals surface area contributed by atoms with Gasteiger partial charge in [0.2, 0.25) is 5.91 Å². The standard InChI is InChI=1S/C16H23BrN2O2/c1-12-5-6-14(13(17)9-12)18-15(20)10-19(2)11-16(21)7-3-4-8-16/h5-6,9,21H,3-4,7-8,10-11H2,1-2H3,(H,18,20). The van der Waals surface area contributed by atoms with Crippen molar-refractivity contribution in [2.45, 2.75) is 38.2 Å². The van der Waals surface area contributed by atoms with Crippen molar-refractivity contribution in [3.63, 3.8) is 0 Å². The Hall–Kier alpha value is -0.910. The molecule has 0 aliphatic heterocycles. The molecular weight excluding hydrogens is 332 g/mol. The number of hydrogen-bond donors (Lipinski definition) is 2. The molecule has 1 aliphatic carbocycles. The molecule has 2 N–H and O–H groups in total. The van der Waals surface area contributed by atoms with Crippen LogP contribution in [0.2, 0.25) is 0 Å². The van der Waals surface area contributed by atoms with Crippen LogP contribution in [-0.2, 0) is 4.79 Å². The maximum atomic E-state index is 12.1. The number of aliphatic hydroxyl groups is 1. The molecule has 116 valence electrons. The summed E-state index contributed by atoms with van der Waals surface area (Å²) in [5.74, 6) is -0.0661. The second-order valence-corrected chi connectivity index (χ2v) is 6.99. The summed E-state index contributed by atoms with van der Waals surface area (Å²) in [6, 6.07) is 5.83. The van der Waals surface area contributed by atoms with Gasteiger partial charge in [0.1, 0.15) is 0 Å². The number of amides is 1. The van der Waals surface area contributed by atoms with E-state index in [1.807, 2.05) is 37.1 Å². The number of hydrogen-bond acceptors (Lipinski definition) is 3. The minimum Gasteiger partial charge on any atom is -0.389 e. The molecule has 1 aliphatic rings. The Kier molecular flexibility index (Phi) is 5.41. The molecule has 21 heavy (non-hydrogen) atoms. The Morgan fingerprint density at radius 2 is 2.10 bits per heavy atom. The Balaban J connectivity index is 1.86. The fourth-order valence-electron chi connectivity index (χ4n) is 2.91. The van der Waals surface area contributed by atoms with Gasteiger partial charge in [-0.25, -0.2) is 0 Å². The fraction of sp³-hybridized carbons (Fsp3) is 0.562. The van der Waals surface area contributed by atoms with E-state index in [-0.39, 0.29) is 12.5 Å². The van der Waals surface area contributed by atoms with Crippen molar-refractivity contribution < 1.29 is 9.90 Å². The monoisotopic (exact) mass is 354 g/mol. The van der Waals surface area contributed by atoms with Crippen molar-refractivity contribution in [2.24, 2.45) is 0 Å². The molecule has 2 rings (SSSR count). The van der Waals surface area contributed by atoms with Crippen molar-refractivity contribution >= 4 is 27.5 Å². The number of nitrogens with zero attached hydrogens (tertiary/aromatic N) is 1. The third kappa shape index (κ3) is 4.80. The Morgan fingerprint density at radius 1 is 1.43 bits per heavy atom. The zero-order valence-electron chi connectivity index (χ0n) is 12.7. The summed E-state index contributed by atoms with van der Waals surface area (Å²) in [5, 5.41) is 13.3. The lowest BCUT2D eigenvalue weighted by atomic mass is 10.0. The van der Waals surface area contributed by atoms with E-state index in [9.17, 15) is 9.90 Å². The van der Waals surface area contributed by atoms with Gasteiger partial charge in [-0.3, -0.25) is 9.69 Å². The summed E-state index contributed by atoms with van der Waals surface area (Å²) in [5.41, 5.74) is 1.30. The van der Waals surface area contributed by atoms with Crippen molar-refractivity contribution in [3.8, 4) is 0 Å². The minimum atomic E-state index is -0.612. The molecule has 0 bridgehead atoms. The molecule has 0 spiro atoms. The van der Waals surface area contributed by atoms with E-state index in [0.717, 1.165) is 41.4 Å². The molecule has 4 nitrogen and oxygen atoms in total. The Morgan fingerprint density at radius 3 is 2.71 bits per heavy atom. The maximum Gasteiger partial charge on any atom is 0.238 e. The average Bonchev–Trinajstić information content (AvgIpc) is 2.78. The van der Waals surface area contributed by atoms with Crippen LogP contribution in [0.25, 0.3) is 0 Å². The molecule has 1 saturated carbocycles. The summed E-state index contributed by atoms with van der Waals surface area (Å²) in [6.45, 7) is 2.84. The van der Waals surface area contributed by atoms with Crippen LogP contribution in [-0.4, -0.2) is 41.7 Å². The average molecular weight is 355 g/mol. The summed E-state index contributed by atoms with van der Waals surface area (Å²) in [6.07, 6.45) is 3.82. The van der Waals surface area contributed by atoms with Gasteiger partial charge in [-0.2, -0.15) is 0 Å². The smallest absolute Gasteiger partial charge is 0.238 e. The van der Waals surface area contributed by atoms with Gasteiger partial charge in [-0.05, 0) is 60.4 Å². The van der Waals surface area contributed by atoms with E-state index < -0.39 is 5.60 Å². The van der Waals surface area contributed by atoms with Gasteiger partial charge >= 0.3 is 0 Å². The third-order valence-electron chi connectivity index (χ3n) is 3.91. The Labute approximate surface area is 134 Å². The normalized spacial score (nSPS) is 17.2. The van der Waals surface area contributed by atoms with Crippen LogP contribution in [0, 0.1) is 6.92 Å². The van der Waals surface area contributed by atoms with Gasteiger partial charge < -0.3 is 10.4 Å². The number of halogens is 1. The number of aryl methyl sites for hydroxylation is 1. The lowest BCUT2D eigenvalue weighted by molar-refractivity contribution is -0.117. The summed E-state index contributed by atoms with van der Waals surface area (Å²) in [4.78, 5) is 14.0. The number of rotatable bonds is 5. The molecular formula is C16H23BrN2O2. The predicted octanol–water partition coefficient (Wildman–Crippen LogP) is 2.93. The van der Waals surface area contributed by atoms with Crippen molar-refractivity contribution in [2.75, 3.05) is 25.5 Å². The highest BCUT2D eigenvalue weighted by molar-refractivity contribution is 9.10. The maximum absolute atomic E-state index is 12.1. The molecule has 0 radical (unpaired) electrons. The number of benzene rings is 1. The van der Waals surface area contributed by atoms with Crippen LogP contribution in [0.15, 0.2) is 22.7 Å². The summed E-state index contributed by atoms with van der Waals surface area (Å²) >= 11 is 3.45. The van der Waals surface area contributed by atoms with Gasteiger partial charge in [0.05, 0.1) is 17.8 Å². The zero-order chi connectivity index (χ0) is 15.5. The van der Waals surface area contributed by atoms with Gasteiger partial charge in [0.15, 0.2) is 0 Å². The summed E-state index contributed by atoms with van der Waals surface area (Å²) < 4.78 is 0.882. The second-order valence-electron chi connectivity index (χ2n) is 6.14. The third-order valence-corrected chi connectivity index (χ3v) is 4.57. The first-order chi connectivity index (χ1) is 9.88. The number of likely N-dealkylation sites (N-methyl/N-ethyl adjacent to an activating group) is 1. The first-order valence-corrected chi connectivity index (χ1v) is 8.14. The van der Waals surface area contributed by atoms with Crippen molar-refractivity contribution in [3.05, 3.63) is 28.2 Å². The lowest BCUT2D eigenvalue weighted by Gasteiger charge is -2.28. The van der Waals surface area contributed by atoms with Gasteiger partial charge in [0, 0.05) is 11.0 Å². The van der Waals surface area contributed by atoms with Gasteiger partial charge in [-0.15, -0.1) is 0 Å². The van der Waals surface area contributed by atoms with Crippen molar-refractivity contribution in [1.29, 1.82) is 0 Å². The van der Waals surface area contributed by atoms with E-state index >= 15 is 0 Å². The molecule has 1 amide bonds.